The van der Waals surface area contributed by atoms with Gasteiger partial charge in [0.1, 0.15) is 5.75 Å². The van der Waals surface area contributed by atoms with Crippen LogP contribution in [0.25, 0.3) is 0 Å². The van der Waals surface area contributed by atoms with Gasteiger partial charge in [0.2, 0.25) is 10.0 Å². The average molecular weight is 416 g/mol. The number of nitrogens with one attached hydrogen (secondary N) is 1. The summed E-state index contributed by atoms with van der Waals surface area (Å²) >= 11 is 0. The maximum atomic E-state index is 13.1. The molecule has 0 spiro atoms. The Labute approximate surface area is 173 Å². The molecule has 0 unspecified atom stereocenters. The molecule has 1 aliphatic carbocycles. The summed E-state index contributed by atoms with van der Waals surface area (Å²) in [6, 6.07) is 13.5. The van der Waals surface area contributed by atoms with Gasteiger partial charge in [-0.05, 0) is 67.9 Å². The van der Waals surface area contributed by atoms with Gasteiger partial charge < -0.3 is 9.47 Å². The summed E-state index contributed by atoms with van der Waals surface area (Å²) < 4.78 is 40.3. The van der Waals surface area contributed by atoms with Gasteiger partial charge in [0.05, 0.1) is 12.0 Å². The SMILES string of the molecule is COc1ccccc1C1(CNS(=O)(=O)c2ccc3c(c2)CCCC3)CCOCC1. The van der Waals surface area contributed by atoms with Crippen molar-refractivity contribution >= 4 is 10.0 Å². The standard InChI is InChI=1S/C23H29NO4S/c1-27-22-9-5-4-8-21(22)23(12-14-28-15-13-23)17-24-29(25,26)20-11-10-18-6-2-3-7-19(18)16-20/h4-5,8-11,16,24H,2-3,6-7,12-15,17H2,1H3. The highest BCUT2D eigenvalue weighted by Gasteiger charge is 2.38. The fraction of sp³-hybridized carbons (Fsp3) is 0.478. The van der Waals surface area contributed by atoms with Crippen molar-refractivity contribution in [2.45, 2.75) is 48.8 Å². The maximum Gasteiger partial charge on any atom is 0.240 e. The third kappa shape index (κ3) is 4.20. The first-order valence-electron chi connectivity index (χ1n) is 10.4. The number of methoxy groups -OCH3 is 1. The molecule has 29 heavy (non-hydrogen) atoms. The third-order valence-corrected chi connectivity index (χ3v) is 7.76. The van der Waals surface area contributed by atoms with E-state index in [4.69, 9.17) is 9.47 Å². The van der Waals surface area contributed by atoms with Crippen molar-refractivity contribution < 1.29 is 17.9 Å². The van der Waals surface area contributed by atoms with E-state index in [1.54, 1.807) is 13.2 Å². The Morgan fingerprint density at radius 1 is 1.03 bits per heavy atom. The topological polar surface area (TPSA) is 64.6 Å². The number of hydrogen-bond acceptors (Lipinski definition) is 4. The minimum atomic E-state index is -3.59. The van der Waals surface area contributed by atoms with Crippen LogP contribution in [-0.4, -0.2) is 35.3 Å². The van der Waals surface area contributed by atoms with E-state index in [0.717, 1.165) is 43.4 Å². The zero-order valence-electron chi connectivity index (χ0n) is 16.9. The molecule has 6 heteroatoms. The zero-order valence-corrected chi connectivity index (χ0v) is 17.8. The molecule has 156 valence electrons. The highest BCUT2D eigenvalue weighted by Crippen LogP contribution is 2.39. The van der Waals surface area contributed by atoms with Crippen LogP contribution in [0.15, 0.2) is 47.4 Å². The molecular weight excluding hydrogens is 386 g/mol. The lowest BCUT2D eigenvalue weighted by molar-refractivity contribution is 0.0509. The van der Waals surface area contributed by atoms with Gasteiger partial charge in [-0.15, -0.1) is 0 Å². The van der Waals surface area contributed by atoms with Crippen LogP contribution in [0.2, 0.25) is 0 Å². The molecule has 0 amide bonds. The predicted molar refractivity (Wildman–Crippen MR) is 113 cm³/mol. The molecule has 2 aromatic rings. The molecule has 1 fully saturated rings. The molecule has 0 atom stereocenters. The van der Waals surface area contributed by atoms with Crippen molar-refractivity contribution in [3.63, 3.8) is 0 Å². The van der Waals surface area contributed by atoms with Crippen molar-refractivity contribution in [3.05, 3.63) is 59.2 Å². The minimum absolute atomic E-state index is 0.330. The van der Waals surface area contributed by atoms with E-state index in [-0.39, 0.29) is 5.41 Å². The van der Waals surface area contributed by atoms with Crippen molar-refractivity contribution in [1.29, 1.82) is 0 Å². The van der Waals surface area contributed by atoms with Gasteiger partial charge in [-0.25, -0.2) is 13.1 Å². The van der Waals surface area contributed by atoms with Gasteiger partial charge >= 0.3 is 0 Å². The Hall–Kier alpha value is -1.89. The molecule has 5 nitrogen and oxygen atoms in total. The smallest absolute Gasteiger partial charge is 0.240 e. The molecule has 1 heterocycles. The van der Waals surface area contributed by atoms with Crippen molar-refractivity contribution in [1.82, 2.24) is 4.72 Å². The van der Waals surface area contributed by atoms with Crippen LogP contribution in [0.5, 0.6) is 5.75 Å². The van der Waals surface area contributed by atoms with Gasteiger partial charge in [0.15, 0.2) is 0 Å². The third-order valence-electron chi connectivity index (χ3n) is 6.36. The molecular formula is C23H29NO4S. The second kappa shape index (κ2) is 8.46. The Morgan fingerprint density at radius 3 is 2.52 bits per heavy atom. The summed E-state index contributed by atoms with van der Waals surface area (Å²) in [6.45, 7) is 1.55. The fourth-order valence-corrected chi connectivity index (χ4v) is 5.76. The van der Waals surface area contributed by atoms with Crippen LogP contribution in [0.1, 0.15) is 42.4 Å². The number of fused-ring (bicyclic) bond motifs is 1. The van der Waals surface area contributed by atoms with Gasteiger partial charge in [-0.1, -0.05) is 24.3 Å². The van der Waals surface area contributed by atoms with Crippen molar-refractivity contribution in [2.75, 3.05) is 26.9 Å². The van der Waals surface area contributed by atoms with Crippen LogP contribution in [0.3, 0.4) is 0 Å². The van der Waals surface area contributed by atoms with E-state index in [1.807, 2.05) is 36.4 Å². The summed E-state index contributed by atoms with van der Waals surface area (Å²) in [4.78, 5) is 0.361. The summed E-state index contributed by atoms with van der Waals surface area (Å²) in [5.74, 6) is 0.794. The molecule has 1 aliphatic heterocycles. The lowest BCUT2D eigenvalue weighted by Crippen LogP contribution is -2.44. The fourth-order valence-electron chi connectivity index (χ4n) is 4.58. The van der Waals surface area contributed by atoms with E-state index in [0.29, 0.717) is 24.7 Å². The van der Waals surface area contributed by atoms with Gasteiger partial charge in [-0.2, -0.15) is 0 Å². The molecule has 0 aromatic heterocycles. The number of ether oxygens (including phenoxy) is 2. The molecule has 1 saturated heterocycles. The van der Waals surface area contributed by atoms with E-state index in [9.17, 15) is 8.42 Å². The first-order chi connectivity index (χ1) is 14.0. The normalized spacial score (nSPS) is 18.8. The average Bonchev–Trinajstić information content (AvgIpc) is 2.78. The second-order valence-electron chi connectivity index (χ2n) is 8.06. The van der Waals surface area contributed by atoms with Crippen molar-refractivity contribution in [2.24, 2.45) is 0 Å². The number of rotatable bonds is 6. The van der Waals surface area contributed by atoms with Crippen LogP contribution in [0, 0.1) is 0 Å². The zero-order chi connectivity index (χ0) is 20.3. The molecule has 0 radical (unpaired) electrons. The highest BCUT2D eigenvalue weighted by molar-refractivity contribution is 7.89. The molecule has 2 aliphatic rings. The van der Waals surface area contributed by atoms with E-state index < -0.39 is 10.0 Å². The monoisotopic (exact) mass is 415 g/mol. The molecule has 4 rings (SSSR count). The molecule has 0 saturated carbocycles. The first-order valence-corrected chi connectivity index (χ1v) is 11.9. The largest absolute Gasteiger partial charge is 0.496 e. The summed E-state index contributed by atoms with van der Waals surface area (Å²) in [5, 5.41) is 0. The van der Waals surface area contributed by atoms with Crippen molar-refractivity contribution in [3.8, 4) is 5.75 Å². The van der Waals surface area contributed by atoms with E-state index >= 15 is 0 Å². The molecule has 1 N–H and O–H groups in total. The Balaban J connectivity index is 1.60. The van der Waals surface area contributed by atoms with Gasteiger partial charge in [0, 0.05) is 30.7 Å². The van der Waals surface area contributed by atoms with Crippen LogP contribution < -0.4 is 9.46 Å². The lowest BCUT2D eigenvalue weighted by atomic mass is 9.74. The number of sulfonamides is 1. The summed E-state index contributed by atoms with van der Waals surface area (Å²) in [5.41, 5.74) is 3.15. The molecule has 2 aromatic carbocycles. The summed E-state index contributed by atoms with van der Waals surface area (Å²) in [6.07, 6.45) is 5.81. The number of hydrogen-bond donors (Lipinski definition) is 1. The summed E-state index contributed by atoms with van der Waals surface area (Å²) in [7, 11) is -1.93. The quantitative estimate of drug-likeness (QED) is 0.783. The van der Waals surface area contributed by atoms with Crippen LogP contribution >= 0.6 is 0 Å². The lowest BCUT2D eigenvalue weighted by Gasteiger charge is -2.38. The Bertz CT molecular complexity index is 965. The second-order valence-corrected chi connectivity index (χ2v) is 9.82. The number of para-hydroxylation sites is 1. The number of benzene rings is 2. The van der Waals surface area contributed by atoms with E-state index in [2.05, 4.69) is 4.72 Å². The maximum absolute atomic E-state index is 13.1. The highest BCUT2D eigenvalue weighted by atomic mass is 32.2. The predicted octanol–water partition coefficient (Wildman–Crippen LogP) is 3.60. The van der Waals surface area contributed by atoms with Crippen LogP contribution in [0.4, 0.5) is 0 Å². The Kier molecular flexibility index (Phi) is 5.95. The van der Waals surface area contributed by atoms with Gasteiger partial charge in [0.25, 0.3) is 0 Å². The van der Waals surface area contributed by atoms with E-state index in [1.165, 1.54) is 17.5 Å². The Morgan fingerprint density at radius 2 is 1.76 bits per heavy atom. The minimum Gasteiger partial charge on any atom is -0.496 e. The van der Waals surface area contributed by atoms with Gasteiger partial charge in [-0.3, -0.25) is 0 Å². The number of aryl methyl sites for hydroxylation is 2. The first kappa shape index (κ1) is 20.4. The van der Waals surface area contributed by atoms with Crippen LogP contribution in [-0.2, 0) is 33.0 Å². The molecule has 0 bridgehead atoms.